The molecule has 4 aromatic carbocycles. The van der Waals surface area contributed by atoms with Gasteiger partial charge in [0.2, 0.25) is 23.8 Å². The van der Waals surface area contributed by atoms with E-state index in [1.54, 1.807) is 0 Å². The van der Waals surface area contributed by atoms with E-state index in [1.807, 2.05) is 0 Å². The molecule has 10 N–H and O–H groups in total. The summed E-state index contributed by atoms with van der Waals surface area (Å²) in [7, 11) is -31.5. The molecular weight excluding hydrogens is 1130 g/mol. The molecule has 4 aliphatic heterocycles. The van der Waals surface area contributed by atoms with Gasteiger partial charge in [-0.1, -0.05) is 12.1 Å². The van der Waals surface area contributed by atoms with Crippen LogP contribution in [0.15, 0.2) is 114 Å². The Morgan fingerprint density at radius 3 is 1.05 bits per heavy atom. The van der Waals surface area contributed by atoms with Gasteiger partial charge >= 0.3 is 0 Å². The van der Waals surface area contributed by atoms with Gasteiger partial charge in [0.25, 0.3) is 60.7 Å². The number of anilines is 8. The van der Waals surface area contributed by atoms with Crippen molar-refractivity contribution in [3.8, 4) is 0 Å². The topological polar surface area (TPSA) is 469 Å². The fourth-order valence-electron chi connectivity index (χ4n) is 7.67. The average molecular weight is 1170 g/mol. The number of aromatic nitrogens is 6. The molecule has 0 spiro atoms. The van der Waals surface area contributed by atoms with Crippen molar-refractivity contribution in [3.05, 3.63) is 107 Å². The van der Waals surface area contributed by atoms with E-state index in [0.29, 0.717) is 36.4 Å². The lowest BCUT2D eigenvalue weighted by Crippen LogP contribution is -2.30. The minimum Gasteiger partial charge on any atom is -0.385 e. The third-order valence-electron chi connectivity index (χ3n) is 10.9. The van der Waals surface area contributed by atoms with Gasteiger partial charge in [0, 0.05) is 13.1 Å². The smallest absolute Gasteiger partial charge is 0.296 e. The van der Waals surface area contributed by atoms with Crippen LogP contribution in [0.4, 0.5) is 46.5 Å². The lowest BCUT2D eigenvalue weighted by Gasteiger charge is -2.27. The van der Waals surface area contributed by atoms with Crippen LogP contribution in [0.25, 0.3) is 24.3 Å². The minimum absolute atomic E-state index is 0.121. The fraction of sp³-hybridized carbons (Fsp3) is 0.100. The number of hydrogen-bond acceptors (Lipinski definition) is 24. The molecule has 4 aliphatic rings. The zero-order valence-corrected chi connectivity index (χ0v) is 43.2. The van der Waals surface area contributed by atoms with Gasteiger partial charge < -0.3 is 11.5 Å². The monoisotopic (exact) mass is 1160 g/mol. The first kappa shape index (κ1) is 54.6. The predicted molar refractivity (Wildman–Crippen MR) is 267 cm³/mol. The SMILES string of the molecule is CCN1C(N)=Cc2ccc(cc2S(=O)(=O)O)N(c2cc(S(=O)(=O)O)ccc2S(=O)(=O)O)c2nc(C=Cc3nc4nc(n3)N(c3cc(S(=O)(=O)O)ccc3S(=O)(=O)O)c3ccc(c(S(=O)(=O)O)c3)C=C(N)N4CC)nc1n2. The molecule has 76 heavy (non-hydrogen) atoms. The van der Waals surface area contributed by atoms with Crippen LogP contribution in [0.2, 0.25) is 0 Å². The molecule has 0 saturated carbocycles. The van der Waals surface area contributed by atoms with Crippen molar-refractivity contribution in [2.75, 3.05) is 32.7 Å². The summed E-state index contributed by atoms with van der Waals surface area (Å²) in [4.78, 5) is 24.8. The van der Waals surface area contributed by atoms with E-state index in [1.165, 1.54) is 23.6 Å². The summed E-state index contributed by atoms with van der Waals surface area (Å²) >= 11 is 0. The van der Waals surface area contributed by atoms with Gasteiger partial charge in [-0.2, -0.15) is 80.4 Å². The van der Waals surface area contributed by atoms with Crippen LogP contribution in [0.5, 0.6) is 0 Å². The fourth-order valence-corrected chi connectivity index (χ4v) is 11.4. The molecule has 2 aromatic heterocycles. The van der Waals surface area contributed by atoms with E-state index in [-0.39, 0.29) is 35.9 Å². The molecule has 0 fully saturated rings. The van der Waals surface area contributed by atoms with E-state index in [2.05, 4.69) is 29.9 Å². The van der Waals surface area contributed by atoms with Crippen LogP contribution in [-0.4, -0.2) is 121 Å². The summed E-state index contributed by atoms with van der Waals surface area (Å²) in [6.07, 6.45) is 4.35. The molecule has 0 saturated heterocycles. The maximum absolute atomic E-state index is 13.0. The van der Waals surface area contributed by atoms with Gasteiger partial charge in [0.15, 0.2) is 11.6 Å². The third kappa shape index (κ3) is 10.9. The Kier molecular flexibility index (Phi) is 13.8. The average Bonchev–Trinajstić information content (AvgIpc) is 3.34. The molecule has 0 radical (unpaired) electrons. The first-order chi connectivity index (χ1) is 35.2. The highest BCUT2D eigenvalue weighted by Gasteiger charge is 2.33. The molecule has 0 amide bonds. The summed E-state index contributed by atoms with van der Waals surface area (Å²) < 4.78 is 215. The van der Waals surface area contributed by atoms with Gasteiger partial charge in [-0.05, 0) is 110 Å². The number of nitrogens with zero attached hydrogens (tertiary/aromatic N) is 10. The molecular formula is C40H36N12O18S6. The third-order valence-corrected chi connectivity index (χ3v) is 16.3. The van der Waals surface area contributed by atoms with Gasteiger partial charge in [-0.15, -0.1) is 0 Å². The van der Waals surface area contributed by atoms with Gasteiger partial charge in [-0.25, -0.2) is 0 Å². The van der Waals surface area contributed by atoms with Gasteiger partial charge in [0.05, 0.1) is 32.5 Å². The first-order valence-electron chi connectivity index (χ1n) is 20.9. The van der Waals surface area contributed by atoms with E-state index in [9.17, 15) is 77.8 Å². The molecule has 8 bridgehead atoms. The number of benzene rings is 4. The Morgan fingerprint density at radius 2 is 0.750 bits per heavy atom. The van der Waals surface area contributed by atoms with E-state index < -0.39 is 148 Å². The Balaban J connectivity index is 1.44. The summed E-state index contributed by atoms with van der Waals surface area (Å²) in [5.74, 6) is -3.63. The first-order valence-corrected chi connectivity index (χ1v) is 29.5. The van der Waals surface area contributed by atoms with Crippen molar-refractivity contribution in [1.29, 1.82) is 0 Å². The quantitative estimate of drug-likeness (QED) is 0.0817. The van der Waals surface area contributed by atoms with Crippen molar-refractivity contribution < 1.29 is 77.8 Å². The minimum atomic E-state index is -5.37. The second kappa shape index (κ2) is 19.2. The number of nitrogens with two attached hydrogens (primary N) is 2. The lowest BCUT2D eigenvalue weighted by atomic mass is 10.1. The molecule has 400 valence electrons. The van der Waals surface area contributed by atoms with E-state index >= 15 is 0 Å². The maximum Gasteiger partial charge on any atom is 0.296 e. The van der Waals surface area contributed by atoms with E-state index in [0.717, 1.165) is 70.5 Å². The van der Waals surface area contributed by atoms with Crippen LogP contribution in [0, 0.1) is 0 Å². The molecule has 0 atom stereocenters. The van der Waals surface area contributed by atoms with Gasteiger partial charge in [-0.3, -0.25) is 46.9 Å². The highest BCUT2D eigenvalue weighted by Crippen LogP contribution is 2.43. The number of fused-ring (bicyclic) bond motifs is 6. The Bertz CT molecular complexity index is 4000. The summed E-state index contributed by atoms with van der Waals surface area (Å²) in [6.45, 7) is 2.84. The largest absolute Gasteiger partial charge is 0.385 e. The molecule has 0 unspecified atom stereocenters. The standard InChI is InChI=1S/C40H36N12O18S6/c1-3-49-33(41)15-21-5-7-23(17-31(21)75(65,66)67)51(27-19-25(71(53,54)55)9-11-29(27)73(59,60)61)39-45-35(43-37(49)47-39)13-14-36-44-38-48-40(46-36)52(28-20-26(72(56,57)58)10-12-30(28)74(62,63)64)24-8-6-22(16-34(42)50(38)4-2)32(18-24)76(68,69)70/h5-20H,3-4,41-42H2,1-2H3,(H,53,54,55)(H,56,57,58)(H,59,60,61)(H,62,63,64)(H,65,66,67)(H,68,69,70). The molecule has 30 nitrogen and oxygen atoms in total. The summed E-state index contributed by atoms with van der Waals surface area (Å²) in [6, 6.07) is 9.70. The highest BCUT2D eigenvalue weighted by atomic mass is 32.2. The second-order valence-electron chi connectivity index (χ2n) is 15.8. The predicted octanol–water partition coefficient (Wildman–Crippen LogP) is 2.84. The zero-order chi connectivity index (χ0) is 55.8. The lowest BCUT2D eigenvalue weighted by molar-refractivity contribution is 0.478. The zero-order valence-electron chi connectivity index (χ0n) is 38.3. The Morgan fingerprint density at radius 1 is 0.421 bits per heavy atom. The van der Waals surface area contributed by atoms with Crippen LogP contribution < -0.4 is 31.1 Å². The van der Waals surface area contributed by atoms with Crippen LogP contribution in [-0.2, 0) is 60.7 Å². The summed E-state index contributed by atoms with van der Waals surface area (Å²) in [5, 5.41) is 0. The van der Waals surface area contributed by atoms with Crippen molar-refractivity contribution in [2.45, 2.75) is 43.2 Å². The Hall–Kier alpha value is -7.62. The highest BCUT2D eigenvalue weighted by molar-refractivity contribution is 7.87. The molecule has 6 aromatic rings. The second-order valence-corrected chi connectivity index (χ2v) is 24.2. The molecule has 10 rings (SSSR count). The Labute approximate surface area is 431 Å². The number of rotatable bonds is 12. The molecule has 6 heterocycles. The van der Waals surface area contributed by atoms with Crippen molar-refractivity contribution >= 4 is 132 Å². The van der Waals surface area contributed by atoms with Crippen LogP contribution >= 0.6 is 0 Å². The van der Waals surface area contributed by atoms with Crippen molar-refractivity contribution in [2.24, 2.45) is 11.5 Å². The van der Waals surface area contributed by atoms with Crippen LogP contribution in [0.1, 0.15) is 36.6 Å². The number of hydrogen-bond donors (Lipinski definition) is 8. The van der Waals surface area contributed by atoms with Crippen molar-refractivity contribution in [3.63, 3.8) is 0 Å². The summed E-state index contributed by atoms with van der Waals surface area (Å²) in [5.41, 5.74) is 9.97. The maximum atomic E-state index is 13.0. The molecule has 36 heteroatoms. The normalized spacial score (nSPS) is 14.6. The van der Waals surface area contributed by atoms with Crippen molar-refractivity contribution in [1.82, 2.24) is 29.9 Å². The van der Waals surface area contributed by atoms with E-state index in [4.69, 9.17) is 11.5 Å². The van der Waals surface area contributed by atoms with Crippen LogP contribution in [0.3, 0.4) is 0 Å². The molecule has 0 aliphatic carbocycles. The van der Waals surface area contributed by atoms with Gasteiger partial charge in [0.1, 0.15) is 31.2 Å².